The van der Waals surface area contributed by atoms with Gasteiger partial charge < -0.3 is 10.0 Å². The first kappa shape index (κ1) is 11.1. The Kier molecular flexibility index (Phi) is 2.50. The average Bonchev–Trinajstić information content (AvgIpc) is 2.42. The van der Waals surface area contributed by atoms with Crippen molar-refractivity contribution in [3.63, 3.8) is 0 Å². The van der Waals surface area contributed by atoms with E-state index < -0.39 is 5.72 Å². The highest BCUT2D eigenvalue weighted by molar-refractivity contribution is 5.99. The van der Waals surface area contributed by atoms with Gasteiger partial charge in [0.1, 0.15) is 0 Å². The van der Waals surface area contributed by atoms with Crippen molar-refractivity contribution in [2.45, 2.75) is 26.0 Å². The Hall–Kier alpha value is -1.35. The third-order valence-corrected chi connectivity index (χ3v) is 3.14. The Balaban J connectivity index is 2.52. The largest absolute Gasteiger partial charge is 0.367 e. The number of carbonyl (C=O) groups excluding carboxylic acids is 1. The van der Waals surface area contributed by atoms with Crippen molar-refractivity contribution in [2.75, 3.05) is 7.05 Å². The summed E-state index contributed by atoms with van der Waals surface area (Å²) in [5.74, 6) is 0.227. The molecule has 0 spiro atoms. The highest BCUT2D eigenvalue weighted by atomic mass is 16.3. The maximum atomic E-state index is 12.0. The molecule has 3 heteroatoms. The molecule has 0 fully saturated rings. The number of carbonyl (C=O) groups is 1. The minimum Gasteiger partial charge on any atom is -0.367 e. The van der Waals surface area contributed by atoms with Gasteiger partial charge in [-0.05, 0) is 12.0 Å². The molecule has 1 aliphatic rings. The summed E-state index contributed by atoms with van der Waals surface area (Å²) in [4.78, 5) is 13.4. The van der Waals surface area contributed by atoms with Crippen molar-refractivity contribution in [1.29, 1.82) is 0 Å². The summed E-state index contributed by atoms with van der Waals surface area (Å²) in [6, 6.07) is 7.29. The van der Waals surface area contributed by atoms with Gasteiger partial charge in [-0.3, -0.25) is 4.79 Å². The number of rotatable bonds is 2. The molecule has 1 unspecified atom stereocenters. The van der Waals surface area contributed by atoms with Crippen LogP contribution >= 0.6 is 0 Å². The lowest BCUT2D eigenvalue weighted by Gasteiger charge is -2.32. The molecule has 0 aliphatic carbocycles. The van der Waals surface area contributed by atoms with Crippen molar-refractivity contribution in [2.24, 2.45) is 5.92 Å². The first-order chi connectivity index (χ1) is 7.47. The summed E-state index contributed by atoms with van der Waals surface area (Å²) in [7, 11) is 1.66. The first-order valence-electron chi connectivity index (χ1n) is 5.57. The second kappa shape index (κ2) is 3.59. The molecular weight excluding hydrogens is 202 g/mol. The van der Waals surface area contributed by atoms with Gasteiger partial charge in [-0.15, -0.1) is 0 Å². The van der Waals surface area contributed by atoms with E-state index in [1.54, 1.807) is 13.1 Å². The van der Waals surface area contributed by atoms with Gasteiger partial charge in [0, 0.05) is 24.6 Å². The van der Waals surface area contributed by atoms with Crippen LogP contribution in [0.1, 0.15) is 36.2 Å². The highest BCUT2D eigenvalue weighted by Crippen LogP contribution is 2.39. The van der Waals surface area contributed by atoms with E-state index >= 15 is 0 Å². The van der Waals surface area contributed by atoms with Gasteiger partial charge in [-0.1, -0.05) is 32.0 Å². The third kappa shape index (κ3) is 1.43. The number of fused-ring (bicyclic) bond motifs is 1. The lowest BCUT2D eigenvalue weighted by molar-refractivity contribution is -0.0864. The van der Waals surface area contributed by atoms with E-state index in [1.165, 1.54) is 4.90 Å². The van der Waals surface area contributed by atoms with Crippen LogP contribution in [0.4, 0.5) is 0 Å². The van der Waals surface area contributed by atoms with Crippen molar-refractivity contribution in [1.82, 2.24) is 4.90 Å². The molecule has 0 saturated heterocycles. The zero-order valence-electron chi connectivity index (χ0n) is 9.90. The second-order valence-corrected chi connectivity index (χ2v) is 4.82. The normalized spacial score (nSPS) is 24.1. The lowest BCUT2D eigenvalue weighted by atomic mass is 9.93. The van der Waals surface area contributed by atoms with Crippen LogP contribution in [0.2, 0.25) is 0 Å². The van der Waals surface area contributed by atoms with Crippen LogP contribution in [0.5, 0.6) is 0 Å². The number of hydrogen-bond donors (Lipinski definition) is 1. The van der Waals surface area contributed by atoms with Crippen molar-refractivity contribution in [3.05, 3.63) is 35.4 Å². The van der Waals surface area contributed by atoms with Crippen molar-refractivity contribution >= 4 is 5.91 Å². The fourth-order valence-corrected chi connectivity index (χ4v) is 2.36. The van der Waals surface area contributed by atoms with Gasteiger partial charge in [0.15, 0.2) is 5.72 Å². The van der Waals surface area contributed by atoms with E-state index in [9.17, 15) is 9.90 Å². The molecule has 3 nitrogen and oxygen atoms in total. The van der Waals surface area contributed by atoms with E-state index in [4.69, 9.17) is 0 Å². The Morgan fingerprint density at radius 1 is 1.38 bits per heavy atom. The molecule has 16 heavy (non-hydrogen) atoms. The summed E-state index contributed by atoms with van der Waals surface area (Å²) in [5.41, 5.74) is 0.214. The van der Waals surface area contributed by atoms with Crippen LogP contribution in [0.15, 0.2) is 24.3 Å². The molecule has 1 aliphatic heterocycles. The van der Waals surface area contributed by atoms with Crippen LogP contribution in [0, 0.1) is 5.92 Å². The van der Waals surface area contributed by atoms with Crippen molar-refractivity contribution < 1.29 is 9.90 Å². The predicted octanol–water partition coefficient (Wildman–Crippen LogP) is 1.96. The molecule has 1 aromatic rings. The molecule has 1 atom stereocenters. The minimum atomic E-state index is -1.14. The maximum absolute atomic E-state index is 12.0. The fraction of sp³-hybridized carbons (Fsp3) is 0.462. The number of aliphatic hydroxyl groups is 1. The molecule has 1 heterocycles. The van der Waals surface area contributed by atoms with E-state index in [1.807, 2.05) is 32.0 Å². The topological polar surface area (TPSA) is 40.5 Å². The van der Waals surface area contributed by atoms with Crippen molar-refractivity contribution in [3.8, 4) is 0 Å². The van der Waals surface area contributed by atoms with Gasteiger partial charge in [0.25, 0.3) is 5.91 Å². The lowest BCUT2D eigenvalue weighted by Crippen LogP contribution is -2.41. The second-order valence-electron chi connectivity index (χ2n) is 4.82. The Morgan fingerprint density at radius 3 is 2.62 bits per heavy atom. The van der Waals surface area contributed by atoms with Gasteiger partial charge in [0.2, 0.25) is 0 Å². The Morgan fingerprint density at radius 2 is 2.00 bits per heavy atom. The van der Waals surface area contributed by atoms with Gasteiger partial charge in [-0.2, -0.15) is 0 Å². The summed E-state index contributed by atoms with van der Waals surface area (Å²) in [5, 5.41) is 10.7. The molecule has 0 aromatic heterocycles. The van der Waals surface area contributed by atoms with Crippen LogP contribution in [-0.4, -0.2) is 23.0 Å². The monoisotopic (exact) mass is 219 g/mol. The molecule has 1 N–H and O–H groups in total. The van der Waals surface area contributed by atoms with E-state index in [0.717, 1.165) is 5.56 Å². The first-order valence-corrected chi connectivity index (χ1v) is 5.57. The summed E-state index contributed by atoms with van der Waals surface area (Å²) in [6.45, 7) is 4.08. The zero-order chi connectivity index (χ0) is 11.9. The van der Waals surface area contributed by atoms with E-state index in [2.05, 4.69) is 0 Å². The summed E-state index contributed by atoms with van der Waals surface area (Å²) < 4.78 is 0. The molecule has 0 bridgehead atoms. The van der Waals surface area contributed by atoms with Gasteiger partial charge in [-0.25, -0.2) is 0 Å². The third-order valence-electron chi connectivity index (χ3n) is 3.14. The molecule has 86 valence electrons. The molecule has 2 rings (SSSR count). The van der Waals surface area contributed by atoms with Gasteiger partial charge in [0.05, 0.1) is 0 Å². The number of benzene rings is 1. The van der Waals surface area contributed by atoms with E-state index in [0.29, 0.717) is 17.9 Å². The Labute approximate surface area is 95.7 Å². The van der Waals surface area contributed by atoms with Crippen LogP contribution < -0.4 is 0 Å². The van der Waals surface area contributed by atoms with Crippen LogP contribution in [0.25, 0.3) is 0 Å². The summed E-state index contributed by atoms with van der Waals surface area (Å²) >= 11 is 0. The number of nitrogens with zero attached hydrogens (tertiary/aromatic N) is 1. The zero-order valence-corrected chi connectivity index (χ0v) is 9.90. The number of amides is 1. The molecular formula is C13H17NO2. The standard InChI is InChI=1S/C13H17NO2/c1-9(2)8-13(16)11-7-5-4-6-10(11)12(15)14(13)3/h4-7,9,16H,8H2,1-3H3. The summed E-state index contributed by atoms with van der Waals surface area (Å²) in [6.07, 6.45) is 0.562. The minimum absolute atomic E-state index is 0.0984. The number of hydrogen-bond acceptors (Lipinski definition) is 2. The smallest absolute Gasteiger partial charge is 0.256 e. The van der Waals surface area contributed by atoms with Crippen LogP contribution in [-0.2, 0) is 5.72 Å². The predicted molar refractivity (Wildman–Crippen MR) is 61.9 cm³/mol. The van der Waals surface area contributed by atoms with Crippen LogP contribution in [0.3, 0.4) is 0 Å². The quantitative estimate of drug-likeness (QED) is 0.826. The fourth-order valence-electron chi connectivity index (χ4n) is 2.36. The highest BCUT2D eigenvalue weighted by Gasteiger charge is 2.46. The maximum Gasteiger partial charge on any atom is 0.256 e. The molecule has 1 aromatic carbocycles. The van der Waals surface area contributed by atoms with E-state index in [-0.39, 0.29) is 5.91 Å². The average molecular weight is 219 g/mol. The Bertz CT molecular complexity index is 428. The molecule has 1 amide bonds. The SMILES string of the molecule is CC(C)CC1(O)c2ccccc2C(=O)N1C. The molecule has 0 radical (unpaired) electrons. The van der Waals surface area contributed by atoms with Gasteiger partial charge >= 0.3 is 0 Å². The molecule has 0 saturated carbocycles.